The molecule has 2 nitrogen and oxygen atoms in total. The van der Waals surface area contributed by atoms with Crippen LogP contribution < -0.4 is 0 Å². The summed E-state index contributed by atoms with van der Waals surface area (Å²) in [6.07, 6.45) is 5.87. The van der Waals surface area contributed by atoms with Gasteiger partial charge in [-0.05, 0) is 36.4 Å². The largest absolute Gasteiger partial charge is 0.295 e. The van der Waals surface area contributed by atoms with Gasteiger partial charge < -0.3 is 0 Å². The lowest BCUT2D eigenvalue weighted by Crippen LogP contribution is -2.53. The molecule has 0 aliphatic carbocycles. The topological polar surface area (TPSA) is 20.3 Å². The third kappa shape index (κ3) is 3.73. The molecule has 2 fully saturated rings. The molecule has 3 heteroatoms. The SMILES string of the molecule is C=C(C(=O)C1CC2CCCC(C1)N2Cc1ccccc1)[Si](C)(C)C. The minimum absolute atomic E-state index is 0.214. The van der Waals surface area contributed by atoms with Crippen LogP contribution in [-0.4, -0.2) is 30.8 Å². The van der Waals surface area contributed by atoms with Crippen LogP contribution in [0.15, 0.2) is 42.1 Å². The lowest BCUT2D eigenvalue weighted by atomic mass is 9.76. The van der Waals surface area contributed by atoms with Crippen molar-refractivity contribution in [3.8, 4) is 0 Å². The Morgan fingerprint density at radius 1 is 1.12 bits per heavy atom. The molecule has 0 spiro atoms. The highest BCUT2D eigenvalue weighted by atomic mass is 28.3. The molecule has 2 aliphatic heterocycles. The van der Waals surface area contributed by atoms with Crippen LogP contribution in [0.1, 0.15) is 37.7 Å². The molecule has 3 rings (SSSR count). The minimum atomic E-state index is -1.58. The molecule has 0 N–H and O–H groups in total. The minimum Gasteiger partial charge on any atom is -0.295 e. The van der Waals surface area contributed by atoms with E-state index in [0.717, 1.165) is 24.6 Å². The molecule has 2 aliphatic rings. The van der Waals surface area contributed by atoms with Crippen LogP contribution in [0.5, 0.6) is 0 Å². The van der Waals surface area contributed by atoms with Crippen LogP contribution in [0.3, 0.4) is 0 Å². The van der Waals surface area contributed by atoms with Gasteiger partial charge >= 0.3 is 0 Å². The Balaban J connectivity index is 1.71. The lowest BCUT2D eigenvalue weighted by Gasteiger charge is -2.49. The highest BCUT2D eigenvalue weighted by molar-refractivity contribution is 6.87. The van der Waals surface area contributed by atoms with Crippen LogP contribution >= 0.6 is 0 Å². The summed E-state index contributed by atoms with van der Waals surface area (Å²) in [5, 5.41) is 0.946. The fraction of sp³-hybridized carbons (Fsp3) is 0.571. The number of carbonyl (C=O) groups is 1. The summed E-state index contributed by atoms with van der Waals surface area (Å²) in [4.78, 5) is 15.6. The second kappa shape index (κ2) is 6.97. The van der Waals surface area contributed by atoms with E-state index in [-0.39, 0.29) is 5.92 Å². The normalized spacial score (nSPS) is 27.7. The van der Waals surface area contributed by atoms with Crippen LogP contribution in [0.25, 0.3) is 0 Å². The van der Waals surface area contributed by atoms with Crippen molar-refractivity contribution in [3.05, 3.63) is 47.7 Å². The summed E-state index contributed by atoms with van der Waals surface area (Å²) in [5.74, 6) is 0.594. The van der Waals surface area contributed by atoms with Crippen molar-refractivity contribution in [1.82, 2.24) is 4.90 Å². The lowest BCUT2D eigenvalue weighted by molar-refractivity contribution is -0.123. The van der Waals surface area contributed by atoms with Gasteiger partial charge in [-0.2, -0.15) is 0 Å². The number of rotatable bonds is 5. The maximum Gasteiger partial charge on any atom is 0.157 e. The number of ketones is 1. The molecule has 130 valence electrons. The average molecular weight is 342 g/mol. The van der Waals surface area contributed by atoms with Gasteiger partial charge in [0.15, 0.2) is 5.78 Å². The van der Waals surface area contributed by atoms with Gasteiger partial charge in [-0.25, -0.2) is 0 Å². The fourth-order valence-electron chi connectivity index (χ4n) is 4.36. The molecule has 0 saturated carbocycles. The molecule has 1 aromatic carbocycles. The van der Waals surface area contributed by atoms with Crippen molar-refractivity contribution >= 4 is 13.9 Å². The monoisotopic (exact) mass is 341 g/mol. The van der Waals surface area contributed by atoms with Gasteiger partial charge in [0, 0.05) is 24.5 Å². The molecule has 2 unspecified atom stereocenters. The van der Waals surface area contributed by atoms with Crippen LogP contribution in [0.4, 0.5) is 0 Å². The van der Waals surface area contributed by atoms with Crippen molar-refractivity contribution in [2.24, 2.45) is 5.92 Å². The van der Waals surface area contributed by atoms with Gasteiger partial charge in [-0.3, -0.25) is 9.69 Å². The molecule has 1 aromatic rings. The van der Waals surface area contributed by atoms with E-state index in [0.29, 0.717) is 17.9 Å². The van der Waals surface area contributed by atoms with Gasteiger partial charge in [0.1, 0.15) is 0 Å². The number of benzene rings is 1. The Hall–Kier alpha value is -1.19. The Morgan fingerprint density at radius 3 is 2.25 bits per heavy atom. The summed E-state index contributed by atoms with van der Waals surface area (Å²) in [5.41, 5.74) is 1.39. The zero-order chi connectivity index (χ0) is 17.3. The van der Waals surface area contributed by atoms with E-state index in [4.69, 9.17) is 0 Å². The molecule has 24 heavy (non-hydrogen) atoms. The smallest absolute Gasteiger partial charge is 0.157 e. The highest BCUT2D eigenvalue weighted by Gasteiger charge is 2.41. The first-order valence-corrected chi connectivity index (χ1v) is 12.9. The maximum absolute atomic E-state index is 13.0. The van der Waals surface area contributed by atoms with Gasteiger partial charge in [0.25, 0.3) is 0 Å². The molecule has 2 saturated heterocycles. The van der Waals surface area contributed by atoms with Gasteiger partial charge in [-0.15, -0.1) is 0 Å². The summed E-state index contributed by atoms with van der Waals surface area (Å²) >= 11 is 0. The Morgan fingerprint density at radius 2 is 1.71 bits per heavy atom. The Labute approximate surface area is 148 Å². The molecule has 0 radical (unpaired) electrons. The summed E-state index contributed by atoms with van der Waals surface area (Å²) < 4.78 is 0. The predicted octanol–water partition coefficient (Wildman–Crippen LogP) is 4.82. The molecule has 0 aromatic heterocycles. The van der Waals surface area contributed by atoms with E-state index in [1.807, 2.05) is 0 Å². The van der Waals surface area contributed by atoms with Crippen molar-refractivity contribution in [2.45, 2.75) is 70.4 Å². The molecule has 2 heterocycles. The summed E-state index contributed by atoms with van der Waals surface area (Å²) in [6, 6.07) is 11.9. The van der Waals surface area contributed by atoms with Crippen molar-refractivity contribution in [1.29, 1.82) is 0 Å². The molecule has 0 amide bonds. The van der Waals surface area contributed by atoms with E-state index in [9.17, 15) is 4.79 Å². The number of Topliss-reactive ketones (excluding diaryl/α,β-unsaturated/α-hetero) is 1. The second-order valence-corrected chi connectivity index (χ2v) is 13.8. The van der Waals surface area contributed by atoms with Crippen LogP contribution in [-0.2, 0) is 11.3 Å². The van der Waals surface area contributed by atoms with Crippen molar-refractivity contribution in [3.63, 3.8) is 0 Å². The van der Waals surface area contributed by atoms with Gasteiger partial charge in [-0.1, -0.05) is 63.0 Å². The number of fused-ring (bicyclic) bond motifs is 2. The Bertz CT molecular complexity index is 590. The summed E-state index contributed by atoms with van der Waals surface area (Å²) in [7, 11) is -1.58. The number of hydrogen-bond acceptors (Lipinski definition) is 2. The predicted molar refractivity (Wildman–Crippen MR) is 104 cm³/mol. The van der Waals surface area contributed by atoms with Crippen molar-refractivity contribution in [2.75, 3.05) is 0 Å². The standard InChI is InChI=1S/C21H31NOSi/c1-16(24(2,3)4)21(23)18-13-19-11-8-12-20(14-18)22(19)15-17-9-6-5-7-10-17/h5-7,9-10,18-20H,1,8,11-15H2,2-4H3. The van der Waals surface area contributed by atoms with Crippen molar-refractivity contribution < 1.29 is 4.79 Å². The number of nitrogens with zero attached hydrogens (tertiary/aromatic N) is 1. The van der Waals surface area contributed by atoms with E-state index in [1.54, 1.807) is 0 Å². The first-order chi connectivity index (χ1) is 11.4. The third-order valence-electron chi connectivity index (χ3n) is 5.91. The number of hydrogen-bond donors (Lipinski definition) is 0. The molecular weight excluding hydrogens is 310 g/mol. The first-order valence-electron chi connectivity index (χ1n) is 9.39. The maximum atomic E-state index is 13.0. The van der Waals surface area contributed by atoms with E-state index >= 15 is 0 Å². The number of piperidine rings is 2. The third-order valence-corrected chi connectivity index (χ3v) is 7.96. The molecule has 2 atom stereocenters. The average Bonchev–Trinajstić information content (AvgIpc) is 2.53. The summed E-state index contributed by atoms with van der Waals surface area (Å²) in [6.45, 7) is 11.9. The molecular formula is C21H31NOSi. The van der Waals surface area contributed by atoms with E-state index < -0.39 is 8.07 Å². The number of carbonyl (C=O) groups excluding carboxylic acids is 1. The quantitative estimate of drug-likeness (QED) is 0.565. The number of allylic oxidation sites excluding steroid dienone is 1. The van der Waals surface area contributed by atoms with E-state index in [1.165, 1.54) is 24.8 Å². The van der Waals surface area contributed by atoms with E-state index in [2.05, 4.69) is 61.5 Å². The van der Waals surface area contributed by atoms with Gasteiger partial charge in [0.05, 0.1) is 8.07 Å². The van der Waals surface area contributed by atoms with Crippen LogP contribution in [0, 0.1) is 5.92 Å². The van der Waals surface area contributed by atoms with Crippen LogP contribution in [0.2, 0.25) is 19.6 Å². The fourth-order valence-corrected chi connectivity index (χ4v) is 5.30. The van der Waals surface area contributed by atoms with Gasteiger partial charge in [0.2, 0.25) is 0 Å². The Kier molecular flexibility index (Phi) is 5.12. The molecule has 2 bridgehead atoms. The second-order valence-electron chi connectivity index (χ2n) is 8.66. The highest BCUT2D eigenvalue weighted by Crippen LogP contribution is 2.39. The first kappa shape index (κ1) is 17.6. The zero-order valence-electron chi connectivity index (χ0n) is 15.4. The zero-order valence-corrected chi connectivity index (χ0v) is 16.4.